The van der Waals surface area contributed by atoms with Crippen molar-refractivity contribution in [3.05, 3.63) is 65.2 Å². The van der Waals surface area contributed by atoms with Gasteiger partial charge in [-0.2, -0.15) is 0 Å². The molecule has 0 aromatic heterocycles. The maximum absolute atomic E-state index is 5.89. The van der Waals surface area contributed by atoms with Crippen molar-refractivity contribution in [2.24, 2.45) is 10.7 Å². The van der Waals surface area contributed by atoms with Gasteiger partial charge in [0.15, 0.2) is 5.96 Å². The highest BCUT2D eigenvalue weighted by Gasteiger charge is 2.00. The van der Waals surface area contributed by atoms with Crippen LogP contribution in [0.3, 0.4) is 0 Å². The lowest BCUT2D eigenvalue weighted by Crippen LogP contribution is -2.33. The van der Waals surface area contributed by atoms with Crippen molar-refractivity contribution in [2.45, 2.75) is 19.9 Å². The Hall–Kier alpha value is -1.76. The lowest BCUT2D eigenvalue weighted by Gasteiger charge is -2.08. The molecule has 0 spiro atoms. The molecule has 5 heteroatoms. The lowest BCUT2D eigenvalue weighted by atomic mass is 10.1. The molecular weight excluding hydrogens is 401 g/mol. The molecule has 0 fully saturated rings. The fourth-order valence-electron chi connectivity index (χ4n) is 2.17. The molecule has 23 heavy (non-hydrogen) atoms. The topological polar surface area (TPSA) is 59.6 Å². The predicted molar refractivity (Wildman–Crippen MR) is 107 cm³/mol. The molecule has 0 heterocycles. The fourth-order valence-corrected chi connectivity index (χ4v) is 2.17. The van der Waals surface area contributed by atoms with Gasteiger partial charge in [-0.15, -0.1) is 24.0 Å². The van der Waals surface area contributed by atoms with Crippen molar-refractivity contribution in [3.8, 4) is 5.75 Å². The number of halogens is 1. The van der Waals surface area contributed by atoms with E-state index in [-0.39, 0.29) is 24.0 Å². The van der Waals surface area contributed by atoms with E-state index in [0.29, 0.717) is 12.5 Å². The molecule has 0 aliphatic rings. The van der Waals surface area contributed by atoms with Gasteiger partial charge in [-0.1, -0.05) is 42.5 Å². The van der Waals surface area contributed by atoms with Crippen LogP contribution in [0.5, 0.6) is 5.75 Å². The quantitative estimate of drug-likeness (QED) is 0.425. The Morgan fingerprint density at radius 3 is 2.57 bits per heavy atom. The second-order valence-electron chi connectivity index (χ2n) is 5.17. The zero-order chi connectivity index (χ0) is 15.8. The summed E-state index contributed by atoms with van der Waals surface area (Å²) in [5, 5.41) is 3.14. The summed E-state index contributed by atoms with van der Waals surface area (Å²) in [6.45, 7) is 3.34. The third-order valence-electron chi connectivity index (χ3n) is 3.47. The van der Waals surface area contributed by atoms with Gasteiger partial charge in [0.1, 0.15) is 5.75 Å². The van der Waals surface area contributed by atoms with Gasteiger partial charge >= 0.3 is 0 Å². The summed E-state index contributed by atoms with van der Waals surface area (Å²) in [6.07, 6.45) is 0.926. The summed E-state index contributed by atoms with van der Waals surface area (Å²) in [7, 11) is 1.68. The first-order chi connectivity index (χ1) is 10.7. The Balaban J connectivity index is 0.00000264. The molecular formula is C18H24IN3O. The van der Waals surface area contributed by atoms with E-state index in [2.05, 4.69) is 22.4 Å². The van der Waals surface area contributed by atoms with Gasteiger partial charge in [0.05, 0.1) is 13.7 Å². The smallest absolute Gasteiger partial charge is 0.188 e. The zero-order valence-corrected chi connectivity index (χ0v) is 15.9. The van der Waals surface area contributed by atoms with E-state index in [0.717, 1.165) is 29.8 Å². The number of ether oxygens (including phenoxy) is 1. The molecule has 3 N–H and O–H groups in total. The van der Waals surface area contributed by atoms with E-state index in [4.69, 9.17) is 10.5 Å². The second kappa shape index (κ2) is 10.1. The van der Waals surface area contributed by atoms with Gasteiger partial charge in [0.25, 0.3) is 0 Å². The van der Waals surface area contributed by atoms with E-state index < -0.39 is 0 Å². The van der Waals surface area contributed by atoms with E-state index in [1.807, 2.05) is 43.3 Å². The van der Waals surface area contributed by atoms with E-state index >= 15 is 0 Å². The number of aryl methyl sites for hydroxylation is 1. The first kappa shape index (κ1) is 19.3. The van der Waals surface area contributed by atoms with E-state index in [1.165, 1.54) is 5.56 Å². The van der Waals surface area contributed by atoms with Crippen LogP contribution in [0.15, 0.2) is 53.5 Å². The summed E-state index contributed by atoms with van der Waals surface area (Å²) in [4.78, 5) is 4.36. The lowest BCUT2D eigenvalue weighted by molar-refractivity contribution is 0.411. The van der Waals surface area contributed by atoms with Crippen molar-refractivity contribution in [1.29, 1.82) is 0 Å². The minimum atomic E-state index is 0. The van der Waals surface area contributed by atoms with Crippen molar-refractivity contribution in [3.63, 3.8) is 0 Å². The van der Waals surface area contributed by atoms with Crippen molar-refractivity contribution >= 4 is 29.9 Å². The number of nitrogens with two attached hydrogens (primary N) is 1. The number of guanidine groups is 1. The Kier molecular flexibility index (Phi) is 8.47. The number of aliphatic imine (C=N–C) groups is 1. The van der Waals surface area contributed by atoms with Crippen molar-refractivity contribution in [1.82, 2.24) is 5.32 Å². The average molecular weight is 425 g/mol. The zero-order valence-electron chi connectivity index (χ0n) is 13.6. The predicted octanol–water partition coefficient (Wildman–Crippen LogP) is 3.27. The first-order valence-corrected chi connectivity index (χ1v) is 7.40. The number of hydrogen-bond acceptors (Lipinski definition) is 2. The standard InChI is InChI=1S/C18H23N3O.HI/c1-14-8-9-16(12-17(14)22-2)13-21-18(19)20-11-10-15-6-4-3-5-7-15;/h3-9,12H,10-11,13H2,1-2H3,(H3,19,20,21);1H. The number of rotatable bonds is 6. The molecule has 0 radical (unpaired) electrons. The second-order valence-corrected chi connectivity index (χ2v) is 5.17. The molecule has 0 bridgehead atoms. The molecule has 0 unspecified atom stereocenters. The summed E-state index contributed by atoms with van der Waals surface area (Å²) in [5.74, 6) is 1.35. The monoisotopic (exact) mass is 425 g/mol. The van der Waals surface area contributed by atoms with Crippen LogP contribution in [-0.4, -0.2) is 19.6 Å². The highest BCUT2D eigenvalue weighted by Crippen LogP contribution is 2.19. The SMILES string of the molecule is COc1cc(CN=C(N)NCCc2ccccc2)ccc1C.I. The summed E-state index contributed by atoms with van der Waals surface area (Å²) < 4.78 is 5.31. The Bertz CT molecular complexity index is 629. The van der Waals surface area contributed by atoms with Crippen LogP contribution in [0, 0.1) is 6.92 Å². The molecule has 0 aliphatic carbocycles. The van der Waals surface area contributed by atoms with Gasteiger partial charge in [0.2, 0.25) is 0 Å². The molecule has 2 rings (SSSR count). The number of benzene rings is 2. The number of hydrogen-bond donors (Lipinski definition) is 2. The van der Waals surface area contributed by atoms with Gasteiger partial charge in [-0.05, 0) is 36.1 Å². The number of nitrogens with one attached hydrogen (secondary N) is 1. The first-order valence-electron chi connectivity index (χ1n) is 7.40. The molecule has 0 saturated heterocycles. The highest BCUT2D eigenvalue weighted by atomic mass is 127. The van der Waals surface area contributed by atoms with Crippen LogP contribution in [-0.2, 0) is 13.0 Å². The molecule has 0 saturated carbocycles. The van der Waals surface area contributed by atoms with E-state index in [1.54, 1.807) is 7.11 Å². The average Bonchev–Trinajstić information content (AvgIpc) is 2.55. The third kappa shape index (κ3) is 6.48. The van der Waals surface area contributed by atoms with Crippen LogP contribution >= 0.6 is 24.0 Å². The summed E-state index contributed by atoms with van der Waals surface area (Å²) >= 11 is 0. The van der Waals surface area contributed by atoms with Crippen LogP contribution < -0.4 is 15.8 Å². The normalized spacial score (nSPS) is 10.8. The molecule has 0 atom stereocenters. The Morgan fingerprint density at radius 1 is 1.13 bits per heavy atom. The van der Waals surface area contributed by atoms with Gasteiger partial charge < -0.3 is 15.8 Å². The highest BCUT2D eigenvalue weighted by molar-refractivity contribution is 14.0. The van der Waals surface area contributed by atoms with Crippen LogP contribution in [0.1, 0.15) is 16.7 Å². The van der Waals surface area contributed by atoms with Crippen LogP contribution in [0.2, 0.25) is 0 Å². The number of nitrogens with zero attached hydrogens (tertiary/aromatic N) is 1. The molecule has 124 valence electrons. The molecule has 0 amide bonds. The molecule has 2 aromatic rings. The van der Waals surface area contributed by atoms with Crippen molar-refractivity contribution < 1.29 is 4.74 Å². The Morgan fingerprint density at radius 2 is 1.87 bits per heavy atom. The number of methoxy groups -OCH3 is 1. The maximum Gasteiger partial charge on any atom is 0.188 e. The van der Waals surface area contributed by atoms with Gasteiger partial charge in [-0.25, -0.2) is 4.99 Å². The summed E-state index contributed by atoms with van der Waals surface area (Å²) in [6, 6.07) is 16.4. The molecule has 0 aliphatic heterocycles. The van der Waals surface area contributed by atoms with Crippen LogP contribution in [0.25, 0.3) is 0 Å². The van der Waals surface area contributed by atoms with E-state index in [9.17, 15) is 0 Å². The minimum absolute atomic E-state index is 0. The molecule has 4 nitrogen and oxygen atoms in total. The largest absolute Gasteiger partial charge is 0.496 e. The minimum Gasteiger partial charge on any atom is -0.496 e. The van der Waals surface area contributed by atoms with Gasteiger partial charge in [0, 0.05) is 6.54 Å². The third-order valence-corrected chi connectivity index (χ3v) is 3.47. The van der Waals surface area contributed by atoms with Crippen LogP contribution in [0.4, 0.5) is 0 Å². The maximum atomic E-state index is 5.89. The van der Waals surface area contributed by atoms with Gasteiger partial charge in [-0.3, -0.25) is 0 Å². The van der Waals surface area contributed by atoms with Crippen molar-refractivity contribution in [2.75, 3.05) is 13.7 Å². The summed E-state index contributed by atoms with van der Waals surface area (Å²) in [5.41, 5.74) is 9.37. The fraction of sp³-hybridized carbons (Fsp3) is 0.278. The molecule has 2 aromatic carbocycles. The Labute approximate surface area is 155 Å².